The monoisotopic (exact) mass is 420 g/mol. The minimum Gasteiger partial charge on any atom is -0.325 e. The van der Waals surface area contributed by atoms with E-state index >= 15 is 0 Å². The molecule has 0 saturated carbocycles. The lowest BCUT2D eigenvalue weighted by Crippen LogP contribution is -2.15. The number of benzene rings is 2. The summed E-state index contributed by atoms with van der Waals surface area (Å²) in [6.07, 6.45) is -4.52. The van der Waals surface area contributed by atoms with Crippen molar-refractivity contribution in [2.45, 2.75) is 18.3 Å². The molecular weight excluding hydrogens is 405 g/mol. The van der Waals surface area contributed by atoms with E-state index in [2.05, 4.69) is 15.5 Å². The lowest BCUT2D eigenvalue weighted by Gasteiger charge is -2.09. The van der Waals surface area contributed by atoms with Crippen LogP contribution in [0.4, 0.5) is 18.9 Å². The molecule has 0 aliphatic carbocycles. The zero-order valence-electron chi connectivity index (χ0n) is 15.1. The van der Waals surface area contributed by atoms with Gasteiger partial charge in [-0.15, -0.1) is 10.2 Å². The van der Waals surface area contributed by atoms with Gasteiger partial charge in [0, 0.05) is 18.2 Å². The van der Waals surface area contributed by atoms with Crippen molar-refractivity contribution in [1.29, 1.82) is 0 Å². The SMILES string of the molecule is CC(=O)n1c(SCC(=O)Nc2ccccc2)nnc1-c1cccc(C(F)(F)F)c1. The molecule has 3 aromatic rings. The van der Waals surface area contributed by atoms with Gasteiger partial charge in [0.1, 0.15) is 0 Å². The number of anilines is 1. The zero-order valence-corrected chi connectivity index (χ0v) is 15.9. The molecule has 1 aromatic heterocycles. The molecule has 0 aliphatic rings. The van der Waals surface area contributed by atoms with Crippen molar-refractivity contribution in [3.05, 3.63) is 60.2 Å². The van der Waals surface area contributed by atoms with Crippen molar-refractivity contribution < 1.29 is 22.8 Å². The largest absolute Gasteiger partial charge is 0.416 e. The van der Waals surface area contributed by atoms with Gasteiger partial charge in [-0.3, -0.25) is 9.59 Å². The van der Waals surface area contributed by atoms with Crippen LogP contribution >= 0.6 is 11.8 Å². The number of aromatic nitrogens is 3. The van der Waals surface area contributed by atoms with Crippen LogP contribution in [-0.2, 0) is 11.0 Å². The molecule has 29 heavy (non-hydrogen) atoms. The summed E-state index contributed by atoms with van der Waals surface area (Å²) in [5.41, 5.74) is -0.136. The maximum atomic E-state index is 13.0. The molecule has 1 N–H and O–H groups in total. The van der Waals surface area contributed by atoms with Gasteiger partial charge in [0.05, 0.1) is 11.3 Å². The first-order valence-corrected chi connectivity index (χ1v) is 9.36. The van der Waals surface area contributed by atoms with Crippen LogP contribution in [0.2, 0.25) is 0 Å². The third-order valence-electron chi connectivity index (χ3n) is 3.79. The number of alkyl halides is 3. The molecule has 3 rings (SSSR count). The normalized spacial score (nSPS) is 11.3. The molecule has 6 nitrogen and oxygen atoms in total. The summed E-state index contributed by atoms with van der Waals surface area (Å²) in [7, 11) is 0. The molecule has 1 heterocycles. The molecule has 150 valence electrons. The van der Waals surface area contributed by atoms with Gasteiger partial charge in [0.2, 0.25) is 11.8 Å². The van der Waals surface area contributed by atoms with Crippen LogP contribution in [0, 0.1) is 0 Å². The van der Waals surface area contributed by atoms with E-state index in [4.69, 9.17) is 0 Å². The number of halogens is 3. The topological polar surface area (TPSA) is 76.9 Å². The van der Waals surface area contributed by atoms with Crippen LogP contribution in [0.25, 0.3) is 11.4 Å². The first kappa shape index (κ1) is 20.6. The Bertz CT molecular complexity index is 1040. The van der Waals surface area contributed by atoms with Crippen molar-refractivity contribution in [1.82, 2.24) is 14.8 Å². The molecule has 0 bridgehead atoms. The molecule has 1 amide bonds. The fraction of sp³-hybridized carbons (Fsp3) is 0.158. The maximum absolute atomic E-state index is 13.0. The van der Waals surface area contributed by atoms with Gasteiger partial charge in [-0.2, -0.15) is 13.2 Å². The van der Waals surface area contributed by atoms with E-state index in [1.165, 1.54) is 19.1 Å². The van der Waals surface area contributed by atoms with Crippen molar-refractivity contribution in [2.75, 3.05) is 11.1 Å². The van der Waals surface area contributed by atoms with Gasteiger partial charge in [0.25, 0.3) is 0 Å². The van der Waals surface area contributed by atoms with Crippen LogP contribution in [0.1, 0.15) is 17.3 Å². The second-order valence-electron chi connectivity index (χ2n) is 5.94. The number of amides is 1. The highest BCUT2D eigenvalue weighted by Crippen LogP contribution is 2.32. The molecule has 0 saturated heterocycles. The third-order valence-corrected chi connectivity index (χ3v) is 4.72. The Morgan fingerprint density at radius 2 is 1.79 bits per heavy atom. The number of rotatable bonds is 5. The van der Waals surface area contributed by atoms with Crippen molar-refractivity contribution in [3.8, 4) is 11.4 Å². The summed E-state index contributed by atoms with van der Waals surface area (Å²) in [6, 6.07) is 13.3. The zero-order chi connectivity index (χ0) is 21.0. The average molecular weight is 420 g/mol. The minimum absolute atomic E-state index is 0.0189. The first-order valence-electron chi connectivity index (χ1n) is 8.37. The molecule has 2 aromatic carbocycles. The van der Waals surface area contributed by atoms with Gasteiger partial charge in [-0.1, -0.05) is 42.1 Å². The van der Waals surface area contributed by atoms with E-state index in [-0.39, 0.29) is 28.2 Å². The van der Waals surface area contributed by atoms with Crippen LogP contribution < -0.4 is 5.32 Å². The van der Waals surface area contributed by atoms with Gasteiger partial charge < -0.3 is 5.32 Å². The Balaban J connectivity index is 1.81. The van der Waals surface area contributed by atoms with Gasteiger partial charge >= 0.3 is 6.18 Å². The Morgan fingerprint density at radius 3 is 2.45 bits per heavy atom. The molecule has 0 radical (unpaired) electrons. The van der Waals surface area contributed by atoms with Crippen LogP contribution in [0.15, 0.2) is 59.8 Å². The van der Waals surface area contributed by atoms with Gasteiger partial charge in [-0.05, 0) is 24.3 Å². The number of carbonyl (C=O) groups excluding carboxylic acids is 2. The van der Waals surface area contributed by atoms with Crippen LogP contribution in [0.3, 0.4) is 0 Å². The van der Waals surface area contributed by atoms with E-state index in [1.807, 2.05) is 6.07 Å². The fourth-order valence-electron chi connectivity index (χ4n) is 2.52. The second-order valence-corrected chi connectivity index (χ2v) is 6.88. The molecule has 0 spiro atoms. The number of hydrogen-bond acceptors (Lipinski definition) is 5. The fourth-order valence-corrected chi connectivity index (χ4v) is 3.29. The standard InChI is InChI=1S/C19H15F3N4O2S/c1-12(27)26-17(13-6-5-7-14(10-13)19(20,21)22)24-25-18(26)29-11-16(28)23-15-8-3-2-4-9-15/h2-10H,11H2,1H3,(H,23,28). The number of nitrogens with one attached hydrogen (secondary N) is 1. The lowest BCUT2D eigenvalue weighted by molar-refractivity contribution is -0.137. The summed E-state index contributed by atoms with van der Waals surface area (Å²) >= 11 is 0.962. The van der Waals surface area contributed by atoms with E-state index in [1.54, 1.807) is 24.3 Å². The predicted octanol–water partition coefficient (Wildman–Crippen LogP) is 4.35. The Hall–Kier alpha value is -3.14. The van der Waals surface area contributed by atoms with E-state index in [9.17, 15) is 22.8 Å². The number of hydrogen-bond donors (Lipinski definition) is 1. The summed E-state index contributed by atoms with van der Waals surface area (Å²) < 4.78 is 40.0. The summed E-state index contributed by atoms with van der Waals surface area (Å²) in [4.78, 5) is 24.2. The highest BCUT2D eigenvalue weighted by Gasteiger charge is 2.31. The second kappa shape index (κ2) is 8.48. The van der Waals surface area contributed by atoms with Gasteiger partial charge in [-0.25, -0.2) is 4.57 Å². The predicted molar refractivity (Wildman–Crippen MR) is 103 cm³/mol. The Morgan fingerprint density at radius 1 is 1.07 bits per heavy atom. The van der Waals surface area contributed by atoms with E-state index in [0.717, 1.165) is 28.5 Å². The highest BCUT2D eigenvalue weighted by atomic mass is 32.2. The van der Waals surface area contributed by atoms with Crippen LogP contribution in [0.5, 0.6) is 0 Å². The highest BCUT2D eigenvalue weighted by molar-refractivity contribution is 7.99. The molecule has 0 atom stereocenters. The Labute approximate surface area is 168 Å². The van der Waals surface area contributed by atoms with Gasteiger partial charge in [0.15, 0.2) is 11.0 Å². The third kappa shape index (κ3) is 5.02. The minimum atomic E-state index is -4.52. The quantitative estimate of drug-likeness (QED) is 0.621. The number of thioether (sulfide) groups is 1. The average Bonchev–Trinajstić information content (AvgIpc) is 3.11. The summed E-state index contributed by atoms with van der Waals surface area (Å²) in [6.45, 7) is 1.24. The number of carbonyl (C=O) groups is 2. The lowest BCUT2D eigenvalue weighted by atomic mass is 10.1. The van der Waals surface area contributed by atoms with E-state index in [0.29, 0.717) is 5.69 Å². The number of para-hydroxylation sites is 1. The summed E-state index contributed by atoms with van der Waals surface area (Å²) in [5.74, 6) is -0.869. The Kier molecular flexibility index (Phi) is 6.02. The number of nitrogens with zero attached hydrogens (tertiary/aromatic N) is 3. The molecule has 0 unspecified atom stereocenters. The van der Waals surface area contributed by atoms with Crippen LogP contribution in [-0.4, -0.2) is 32.3 Å². The smallest absolute Gasteiger partial charge is 0.325 e. The van der Waals surface area contributed by atoms with Crippen molar-refractivity contribution in [3.63, 3.8) is 0 Å². The molecule has 10 heteroatoms. The maximum Gasteiger partial charge on any atom is 0.416 e. The molecule has 0 aliphatic heterocycles. The van der Waals surface area contributed by atoms with E-state index < -0.39 is 17.6 Å². The first-order chi connectivity index (χ1) is 13.8. The molecule has 0 fully saturated rings. The summed E-state index contributed by atoms with van der Waals surface area (Å²) in [5, 5.41) is 10.6. The van der Waals surface area contributed by atoms with Crippen molar-refractivity contribution >= 4 is 29.3 Å². The van der Waals surface area contributed by atoms with Crippen molar-refractivity contribution in [2.24, 2.45) is 0 Å². The molecular formula is C19H15F3N4O2S.